The van der Waals surface area contributed by atoms with Crippen LogP contribution in [0.1, 0.15) is 68.4 Å². The highest BCUT2D eigenvalue weighted by atomic mass is 16.8. The fraction of sp³-hybridized carbons (Fsp3) is 0.538. The molecule has 2 saturated heterocycles. The first kappa shape index (κ1) is 20.2. The minimum atomic E-state index is -0.694. The number of benzene rings is 2. The van der Waals surface area contributed by atoms with Gasteiger partial charge in [0.15, 0.2) is 5.79 Å². The standard InChI is InChI=1S/C26H33NO3/c1-25-21(18-28)16-26(30-27-25,17-23(25)20-12-6-3-7-13-20)29-24-15-9-8-14-22(24)19-10-4-2-5-11-19/h2-7,10-13,21-24,27-28H,8-9,14-18H2,1H3/t21-,22+,23-,24-,25+,26-/m0/s1. The van der Waals surface area contributed by atoms with Gasteiger partial charge in [-0.25, -0.2) is 0 Å². The molecule has 4 aliphatic rings. The molecule has 0 spiro atoms. The Morgan fingerprint density at radius 3 is 2.33 bits per heavy atom. The second-order valence-electron chi connectivity index (χ2n) is 9.61. The third kappa shape index (κ3) is 3.50. The van der Waals surface area contributed by atoms with E-state index in [2.05, 4.69) is 73.1 Å². The third-order valence-electron chi connectivity index (χ3n) is 7.82. The third-order valence-corrected chi connectivity index (χ3v) is 7.82. The molecule has 2 saturated carbocycles. The van der Waals surface area contributed by atoms with Gasteiger partial charge in [-0.2, -0.15) is 5.48 Å². The van der Waals surface area contributed by atoms with Gasteiger partial charge in [0.05, 0.1) is 11.6 Å². The Kier molecular flexibility index (Phi) is 5.44. The van der Waals surface area contributed by atoms with Gasteiger partial charge in [0, 0.05) is 37.2 Å². The molecular formula is C26H33NO3. The molecule has 6 rings (SSSR count). The Balaban J connectivity index is 1.44. The topological polar surface area (TPSA) is 50.7 Å². The number of fused-ring (bicyclic) bond motifs is 3. The average Bonchev–Trinajstić information content (AvgIpc) is 2.81. The summed E-state index contributed by atoms with van der Waals surface area (Å²) in [6.07, 6.45) is 6.34. The smallest absolute Gasteiger partial charge is 0.188 e. The second kappa shape index (κ2) is 8.08. The van der Waals surface area contributed by atoms with Crippen LogP contribution in [0.5, 0.6) is 0 Å². The maximum atomic E-state index is 10.2. The number of hydroxylamine groups is 1. The predicted molar refractivity (Wildman–Crippen MR) is 117 cm³/mol. The van der Waals surface area contributed by atoms with E-state index in [1.54, 1.807) is 0 Å². The van der Waals surface area contributed by atoms with Gasteiger partial charge >= 0.3 is 0 Å². The minimum Gasteiger partial charge on any atom is -0.396 e. The number of aliphatic hydroxyl groups excluding tert-OH is 1. The van der Waals surface area contributed by atoms with Crippen molar-refractivity contribution < 1.29 is 14.7 Å². The highest BCUT2D eigenvalue weighted by molar-refractivity contribution is 5.28. The van der Waals surface area contributed by atoms with E-state index >= 15 is 0 Å². The summed E-state index contributed by atoms with van der Waals surface area (Å²) in [5.74, 6) is 0.0257. The van der Waals surface area contributed by atoms with Crippen LogP contribution in [0.3, 0.4) is 0 Å². The molecule has 2 heterocycles. The molecule has 160 valence electrons. The van der Waals surface area contributed by atoms with Gasteiger partial charge in [-0.1, -0.05) is 73.5 Å². The lowest BCUT2D eigenvalue weighted by Crippen LogP contribution is -2.70. The molecule has 4 heteroatoms. The van der Waals surface area contributed by atoms with Crippen LogP contribution < -0.4 is 5.48 Å². The van der Waals surface area contributed by atoms with Crippen molar-refractivity contribution in [3.05, 3.63) is 71.8 Å². The van der Waals surface area contributed by atoms with Crippen LogP contribution in [0.15, 0.2) is 60.7 Å². The fourth-order valence-electron chi connectivity index (χ4n) is 6.04. The van der Waals surface area contributed by atoms with Gasteiger partial charge in [-0.15, -0.1) is 0 Å². The van der Waals surface area contributed by atoms with Crippen LogP contribution in [0, 0.1) is 5.92 Å². The molecule has 0 radical (unpaired) electrons. The summed E-state index contributed by atoms with van der Waals surface area (Å²) in [5.41, 5.74) is 5.69. The zero-order chi connectivity index (χ0) is 20.6. The molecule has 2 aliphatic heterocycles. The van der Waals surface area contributed by atoms with Gasteiger partial charge in [0.2, 0.25) is 0 Å². The molecule has 0 unspecified atom stereocenters. The molecule has 2 aromatic rings. The monoisotopic (exact) mass is 407 g/mol. The van der Waals surface area contributed by atoms with Crippen LogP contribution >= 0.6 is 0 Å². The predicted octanol–water partition coefficient (Wildman–Crippen LogP) is 4.91. The van der Waals surface area contributed by atoms with Crippen LogP contribution in [-0.2, 0) is 9.57 Å². The molecule has 2 bridgehead atoms. The van der Waals surface area contributed by atoms with Gasteiger partial charge in [-0.05, 0) is 30.9 Å². The first-order valence-electron chi connectivity index (χ1n) is 11.5. The van der Waals surface area contributed by atoms with E-state index in [1.165, 1.54) is 24.0 Å². The molecule has 2 aliphatic carbocycles. The number of hydrogen-bond donors (Lipinski definition) is 2. The van der Waals surface area contributed by atoms with Crippen molar-refractivity contribution in [1.29, 1.82) is 0 Å². The van der Waals surface area contributed by atoms with E-state index < -0.39 is 5.79 Å². The van der Waals surface area contributed by atoms with E-state index in [0.717, 1.165) is 25.7 Å². The Bertz CT molecular complexity index is 844. The lowest BCUT2D eigenvalue weighted by atomic mass is 9.62. The molecule has 0 amide bonds. The summed E-state index contributed by atoms with van der Waals surface area (Å²) in [6, 6.07) is 21.4. The largest absolute Gasteiger partial charge is 0.396 e. The Morgan fingerprint density at radius 2 is 1.63 bits per heavy atom. The van der Waals surface area contributed by atoms with E-state index in [1.807, 2.05) is 0 Å². The van der Waals surface area contributed by atoms with E-state index in [-0.39, 0.29) is 30.1 Å². The molecular weight excluding hydrogens is 374 g/mol. The van der Waals surface area contributed by atoms with Crippen LogP contribution in [0.2, 0.25) is 0 Å². The van der Waals surface area contributed by atoms with E-state index in [4.69, 9.17) is 9.57 Å². The Morgan fingerprint density at radius 1 is 0.967 bits per heavy atom. The molecule has 0 aromatic heterocycles. The van der Waals surface area contributed by atoms with Crippen molar-refractivity contribution >= 4 is 0 Å². The van der Waals surface area contributed by atoms with Crippen LogP contribution in [0.25, 0.3) is 0 Å². The molecule has 4 nitrogen and oxygen atoms in total. The molecule has 2 N–H and O–H groups in total. The van der Waals surface area contributed by atoms with Crippen molar-refractivity contribution in [2.45, 2.75) is 74.7 Å². The normalized spacial score (nSPS) is 38.5. The van der Waals surface area contributed by atoms with Crippen LogP contribution in [-0.4, -0.2) is 29.1 Å². The summed E-state index contributed by atoms with van der Waals surface area (Å²) in [7, 11) is 0. The summed E-state index contributed by atoms with van der Waals surface area (Å²) in [5, 5.41) is 10.2. The number of hydrogen-bond acceptors (Lipinski definition) is 4. The van der Waals surface area contributed by atoms with Crippen molar-refractivity contribution in [3.63, 3.8) is 0 Å². The summed E-state index contributed by atoms with van der Waals surface area (Å²) in [4.78, 5) is 6.25. The maximum absolute atomic E-state index is 10.2. The lowest BCUT2D eigenvalue weighted by Gasteiger charge is -2.60. The lowest BCUT2D eigenvalue weighted by molar-refractivity contribution is -0.371. The summed E-state index contributed by atoms with van der Waals surface area (Å²) < 4.78 is 6.91. The van der Waals surface area contributed by atoms with Gasteiger partial charge in [0.25, 0.3) is 0 Å². The fourth-order valence-corrected chi connectivity index (χ4v) is 6.04. The average molecular weight is 408 g/mol. The zero-order valence-electron chi connectivity index (χ0n) is 17.8. The quantitative estimate of drug-likeness (QED) is 0.740. The molecule has 4 fully saturated rings. The first-order valence-corrected chi connectivity index (χ1v) is 11.5. The minimum absolute atomic E-state index is 0.0870. The molecule has 30 heavy (non-hydrogen) atoms. The van der Waals surface area contributed by atoms with Gasteiger partial charge in [-0.3, -0.25) is 4.84 Å². The van der Waals surface area contributed by atoms with Crippen LogP contribution in [0.4, 0.5) is 0 Å². The SMILES string of the molecule is C[C@@]12NO[C@@](O[C@H]3CCCC[C@@H]3c3ccccc3)(C[C@H]1CO)C[C@H]2c1ccccc1. The van der Waals surface area contributed by atoms with Crippen molar-refractivity contribution in [1.82, 2.24) is 5.48 Å². The number of nitrogens with one attached hydrogen (secondary N) is 1. The highest BCUT2D eigenvalue weighted by Gasteiger charge is 2.60. The van der Waals surface area contributed by atoms with Crippen molar-refractivity contribution in [2.75, 3.05) is 6.61 Å². The highest BCUT2D eigenvalue weighted by Crippen LogP contribution is 2.55. The number of rotatable bonds is 5. The Labute approximate surface area is 179 Å². The van der Waals surface area contributed by atoms with Gasteiger partial charge in [0.1, 0.15) is 0 Å². The van der Waals surface area contributed by atoms with Crippen molar-refractivity contribution in [3.8, 4) is 0 Å². The molecule has 6 atom stereocenters. The van der Waals surface area contributed by atoms with Gasteiger partial charge < -0.3 is 9.84 Å². The second-order valence-corrected chi connectivity index (χ2v) is 9.61. The summed E-state index contributed by atoms with van der Waals surface area (Å²) in [6.45, 7) is 2.32. The first-order chi connectivity index (χ1) is 14.6. The zero-order valence-corrected chi connectivity index (χ0v) is 17.8. The molecule has 2 aromatic carbocycles. The number of ether oxygens (including phenoxy) is 1. The van der Waals surface area contributed by atoms with Crippen molar-refractivity contribution in [2.24, 2.45) is 5.92 Å². The van der Waals surface area contributed by atoms with E-state index in [0.29, 0.717) is 5.92 Å². The Hall–Kier alpha value is -1.72. The maximum Gasteiger partial charge on any atom is 0.188 e. The van der Waals surface area contributed by atoms with E-state index in [9.17, 15) is 5.11 Å². The summed E-state index contributed by atoms with van der Waals surface area (Å²) >= 11 is 0. The number of aliphatic hydroxyl groups is 1.